The number of hydrogen-bond acceptors (Lipinski definition) is 5. The van der Waals surface area contributed by atoms with E-state index in [1.54, 1.807) is 6.92 Å². The van der Waals surface area contributed by atoms with Crippen LogP contribution in [-0.4, -0.2) is 51.6 Å². The van der Waals surface area contributed by atoms with Gasteiger partial charge in [0.1, 0.15) is 18.3 Å². The Balaban J connectivity index is 2.63. The molecular weight excluding hydrogens is 180 g/mol. The molecule has 0 aromatic rings. The van der Waals surface area contributed by atoms with Crippen molar-refractivity contribution in [2.24, 2.45) is 0 Å². The van der Waals surface area contributed by atoms with Gasteiger partial charge in [0.05, 0.1) is 12.2 Å². The third kappa shape index (κ3) is 1.75. The smallest absolute Gasteiger partial charge is 0.111 e. The van der Waals surface area contributed by atoms with Gasteiger partial charge < -0.3 is 20.1 Å². The highest BCUT2D eigenvalue weighted by Gasteiger charge is 2.40. The molecule has 72 valence electrons. The van der Waals surface area contributed by atoms with Gasteiger partial charge in [-0.3, -0.25) is 0 Å². The Bertz CT molecular complexity index is 150. The van der Waals surface area contributed by atoms with E-state index in [1.165, 1.54) is 0 Å². The summed E-state index contributed by atoms with van der Waals surface area (Å²) in [5.74, 6) is 0.329. The van der Waals surface area contributed by atoms with Gasteiger partial charge in [0.15, 0.2) is 0 Å². The molecule has 3 unspecified atom stereocenters. The van der Waals surface area contributed by atoms with E-state index >= 15 is 0 Å². The first-order chi connectivity index (χ1) is 5.57. The summed E-state index contributed by atoms with van der Waals surface area (Å²) >= 11 is 3.96. The van der Waals surface area contributed by atoms with Gasteiger partial charge in [0.2, 0.25) is 0 Å². The lowest BCUT2D eigenvalue weighted by Crippen LogP contribution is -2.57. The molecule has 1 saturated heterocycles. The maximum atomic E-state index is 9.34. The van der Waals surface area contributed by atoms with E-state index in [-0.39, 0.29) is 0 Å². The van der Waals surface area contributed by atoms with E-state index in [0.29, 0.717) is 5.75 Å². The van der Waals surface area contributed by atoms with Crippen molar-refractivity contribution in [1.29, 1.82) is 0 Å². The quantitative estimate of drug-likeness (QED) is 0.395. The van der Waals surface area contributed by atoms with Gasteiger partial charge in [-0.2, -0.15) is 12.6 Å². The molecule has 5 heteroatoms. The van der Waals surface area contributed by atoms with Gasteiger partial charge in [0, 0.05) is 5.75 Å². The minimum absolute atomic E-state index is 0.329. The summed E-state index contributed by atoms with van der Waals surface area (Å²) in [7, 11) is 0. The molecule has 0 bridgehead atoms. The average molecular weight is 194 g/mol. The fourth-order valence-electron chi connectivity index (χ4n) is 1.29. The minimum atomic E-state index is -1.13. The highest BCUT2D eigenvalue weighted by molar-refractivity contribution is 7.80. The predicted octanol–water partition coefficient (Wildman–Crippen LogP) is -1.21. The maximum Gasteiger partial charge on any atom is 0.111 e. The van der Waals surface area contributed by atoms with Gasteiger partial charge >= 0.3 is 0 Å². The summed E-state index contributed by atoms with van der Waals surface area (Å²) in [6, 6.07) is 0. The van der Waals surface area contributed by atoms with Gasteiger partial charge in [-0.15, -0.1) is 0 Å². The molecule has 0 aromatic heterocycles. The lowest BCUT2D eigenvalue weighted by molar-refractivity contribution is -0.210. The van der Waals surface area contributed by atoms with Crippen LogP contribution < -0.4 is 0 Å². The number of aliphatic hydroxyl groups excluding tert-OH is 3. The molecule has 1 aliphatic heterocycles. The predicted molar refractivity (Wildman–Crippen MR) is 46.2 cm³/mol. The molecule has 1 aliphatic rings. The fraction of sp³-hybridized carbons (Fsp3) is 1.00. The van der Waals surface area contributed by atoms with Crippen molar-refractivity contribution in [3.63, 3.8) is 0 Å². The van der Waals surface area contributed by atoms with Crippen LogP contribution in [0.5, 0.6) is 0 Å². The Morgan fingerprint density at radius 2 is 1.75 bits per heavy atom. The van der Waals surface area contributed by atoms with E-state index in [0.717, 1.165) is 0 Å². The Morgan fingerprint density at radius 3 is 2.25 bits per heavy atom. The molecule has 12 heavy (non-hydrogen) atoms. The highest BCUT2D eigenvalue weighted by Crippen LogP contribution is 2.21. The van der Waals surface area contributed by atoms with Crippen LogP contribution in [0.2, 0.25) is 0 Å². The number of thiol groups is 1. The largest absolute Gasteiger partial charge is 0.388 e. The second kappa shape index (κ2) is 3.93. The van der Waals surface area contributed by atoms with Crippen molar-refractivity contribution in [2.45, 2.75) is 37.4 Å². The molecule has 0 radical (unpaired) electrons. The lowest BCUT2D eigenvalue weighted by Gasteiger charge is -2.38. The molecule has 5 atom stereocenters. The number of ether oxygens (including phenoxy) is 1. The Labute approximate surface area is 76.6 Å². The minimum Gasteiger partial charge on any atom is -0.388 e. The summed E-state index contributed by atoms with van der Waals surface area (Å²) in [4.78, 5) is 0. The van der Waals surface area contributed by atoms with Crippen molar-refractivity contribution in [3.8, 4) is 0 Å². The molecule has 0 aliphatic carbocycles. The van der Waals surface area contributed by atoms with Crippen LogP contribution in [0, 0.1) is 0 Å². The topological polar surface area (TPSA) is 69.9 Å². The van der Waals surface area contributed by atoms with Crippen LogP contribution in [0.1, 0.15) is 6.92 Å². The van der Waals surface area contributed by atoms with E-state index < -0.39 is 30.5 Å². The zero-order valence-electron chi connectivity index (χ0n) is 6.79. The van der Waals surface area contributed by atoms with Crippen molar-refractivity contribution in [3.05, 3.63) is 0 Å². The molecule has 1 heterocycles. The maximum absolute atomic E-state index is 9.34. The van der Waals surface area contributed by atoms with Crippen molar-refractivity contribution >= 4 is 12.6 Å². The second-order valence-corrected chi connectivity index (χ2v) is 3.40. The molecular formula is C7H14O4S. The highest BCUT2D eigenvalue weighted by atomic mass is 32.1. The standard InChI is InChI=1S/C7H14O4S/c1-3-5(8)7(10)6(9)4(2-12)11-3/h3-10,12H,2H2,1H3/t3?,4?,5-,6+,7?/m1/s1. The van der Waals surface area contributed by atoms with Gasteiger partial charge in [-0.1, -0.05) is 0 Å². The average Bonchev–Trinajstić information content (AvgIpc) is 2.08. The van der Waals surface area contributed by atoms with Gasteiger partial charge in [-0.05, 0) is 6.92 Å². The number of hydrogen-bond donors (Lipinski definition) is 4. The molecule has 0 saturated carbocycles. The van der Waals surface area contributed by atoms with Gasteiger partial charge in [0.25, 0.3) is 0 Å². The first-order valence-corrected chi connectivity index (χ1v) is 4.51. The zero-order chi connectivity index (χ0) is 9.30. The summed E-state index contributed by atoms with van der Waals surface area (Å²) < 4.78 is 5.19. The Kier molecular flexibility index (Phi) is 3.37. The third-order valence-corrected chi connectivity index (χ3v) is 2.49. The molecule has 1 fully saturated rings. The van der Waals surface area contributed by atoms with Crippen molar-refractivity contribution in [2.75, 3.05) is 5.75 Å². The molecule has 3 N–H and O–H groups in total. The van der Waals surface area contributed by atoms with Crippen LogP contribution in [0.25, 0.3) is 0 Å². The molecule has 4 nitrogen and oxygen atoms in total. The van der Waals surface area contributed by atoms with E-state index in [4.69, 9.17) is 4.74 Å². The number of aliphatic hydroxyl groups is 3. The van der Waals surface area contributed by atoms with Crippen LogP contribution in [0.4, 0.5) is 0 Å². The Hall–Kier alpha value is 0.190. The van der Waals surface area contributed by atoms with Crippen LogP contribution in [0.3, 0.4) is 0 Å². The van der Waals surface area contributed by atoms with E-state index in [1.807, 2.05) is 0 Å². The van der Waals surface area contributed by atoms with Gasteiger partial charge in [-0.25, -0.2) is 0 Å². The molecule has 0 aromatic carbocycles. The first-order valence-electron chi connectivity index (χ1n) is 3.88. The van der Waals surface area contributed by atoms with Crippen molar-refractivity contribution < 1.29 is 20.1 Å². The lowest BCUT2D eigenvalue weighted by atomic mass is 9.97. The van der Waals surface area contributed by atoms with Crippen LogP contribution in [-0.2, 0) is 4.74 Å². The molecule has 0 spiro atoms. The molecule has 0 amide bonds. The van der Waals surface area contributed by atoms with Crippen LogP contribution >= 0.6 is 12.6 Å². The molecule has 1 rings (SSSR count). The summed E-state index contributed by atoms with van der Waals surface area (Å²) in [5.41, 5.74) is 0. The normalized spacial score (nSPS) is 49.2. The fourth-order valence-corrected chi connectivity index (χ4v) is 1.59. The SMILES string of the molecule is CC1OC(CS)[C@H](O)C(O)[C@@H]1O. The van der Waals surface area contributed by atoms with Crippen LogP contribution in [0.15, 0.2) is 0 Å². The number of rotatable bonds is 1. The van der Waals surface area contributed by atoms with Crippen molar-refractivity contribution in [1.82, 2.24) is 0 Å². The van der Waals surface area contributed by atoms with E-state index in [2.05, 4.69) is 12.6 Å². The third-order valence-electron chi connectivity index (χ3n) is 2.13. The first kappa shape index (κ1) is 10.3. The monoisotopic (exact) mass is 194 g/mol. The summed E-state index contributed by atoms with van der Waals surface area (Å²) in [6.07, 6.45) is -4.15. The Morgan fingerprint density at radius 1 is 1.17 bits per heavy atom. The summed E-state index contributed by atoms with van der Waals surface area (Å²) in [5, 5.41) is 27.9. The van der Waals surface area contributed by atoms with E-state index in [9.17, 15) is 15.3 Å². The second-order valence-electron chi connectivity index (χ2n) is 3.03. The summed E-state index contributed by atoms with van der Waals surface area (Å²) in [6.45, 7) is 1.65. The zero-order valence-corrected chi connectivity index (χ0v) is 7.69.